The first-order valence-corrected chi connectivity index (χ1v) is 8.04. The minimum absolute atomic E-state index is 0.138. The van der Waals surface area contributed by atoms with Crippen LogP contribution in [0, 0.1) is 5.82 Å². The van der Waals surface area contributed by atoms with Crippen LogP contribution in [-0.2, 0) is 14.8 Å². The number of amides is 1. The molecule has 0 spiro atoms. The van der Waals surface area contributed by atoms with Gasteiger partial charge in [0, 0.05) is 13.1 Å². The Labute approximate surface area is 127 Å². The first-order valence-electron chi connectivity index (χ1n) is 6.22. The van der Waals surface area contributed by atoms with Crippen LogP contribution in [0.5, 0.6) is 0 Å². The highest BCUT2D eigenvalue weighted by molar-refractivity contribution is 7.89. The maximum Gasteiger partial charge on any atom is 0.244 e. The van der Waals surface area contributed by atoms with Crippen LogP contribution in [0.2, 0.25) is 5.02 Å². The number of benzene rings is 1. The zero-order valence-corrected chi connectivity index (χ0v) is 12.8. The van der Waals surface area contributed by atoms with Gasteiger partial charge in [0.25, 0.3) is 0 Å². The average molecular weight is 336 g/mol. The lowest BCUT2D eigenvalue weighted by Crippen LogP contribution is -2.39. The molecule has 0 radical (unpaired) electrons. The fourth-order valence-corrected chi connectivity index (χ4v) is 3.35. The van der Waals surface area contributed by atoms with Gasteiger partial charge < -0.3 is 11.1 Å². The zero-order valence-electron chi connectivity index (χ0n) is 11.3. The Hall–Kier alpha value is -1.38. The van der Waals surface area contributed by atoms with Crippen LogP contribution in [0.1, 0.15) is 12.8 Å². The minimum atomic E-state index is -4.03. The topological polar surface area (TPSA) is 92.5 Å². The number of nitrogen functional groups attached to an aromatic ring is 1. The molecule has 6 nitrogen and oxygen atoms in total. The Kier molecular flexibility index (Phi) is 4.40. The predicted molar refractivity (Wildman–Crippen MR) is 76.8 cm³/mol. The summed E-state index contributed by atoms with van der Waals surface area (Å²) in [5, 5.41) is 2.40. The first-order chi connectivity index (χ1) is 9.71. The van der Waals surface area contributed by atoms with Gasteiger partial charge in [-0.05, 0) is 25.0 Å². The molecule has 1 fully saturated rings. The Bertz CT molecular complexity index is 677. The molecule has 1 saturated carbocycles. The van der Waals surface area contributed by atoms with E-state index in [0.717, 1.165) is 29.3 Å². The molecular formula is C12H15ClFN3O3S. The number of likely N-dealkylation sites (N-methyl/N-ethyl adjacent to an activating group) is 1. The molecule has 1 aliphatic carbocycles. The Balaban J connectivity index is 2.20. The van der Waals surface area contributed by atoms with Gasteiger partial charge in [0.2, 0.25) is 15.9 Å². The van der Waals surface area contributed by atoms with Crippen molar-refractivity contribution in [3.05, 3.63) is 23.0 Å². The van der Waals surface area contributed by atoms with E-state index in [-0.39, 0.29) is 28.2 Å². The van der Waals surface area contributed by atoms with E-state index in [9.17, 15) is 17.6 Å². The molecule has 1 aliphatic rings. The lowest BCUT2D eigenvalue weighted by atomic mass is 10.3. The highest BCUT2D eigenvalue weighted by Gasteiger charge is 2.29. The van der Waals surface area contributed by atoms with Gasteiger partial charge in [0.1, 0.15) is 10.7 Å². The minimum Gasteiger partial charge on any atom is -0.396 e. The molecule has 9 heteroatoms. The molecule has 3 N–H and O–H groups in total. The van der Waals surface area contributed by atoms with Crippen LogP contribution >= 0.6 is 11.6 Å². The number of carbonyl (C=O) groups is 1. The summed E-state index contributed by atoms with van der Waals surface area (Å²) in [6.45, 7) is -0.341. The molecule has 0 saturated heterocycles. The third-order valence-electron chi connectivity index (χ3n) is 3.05. The van der Waals surface area contributed by atoms with Gasteiger partial charge >= 0.3 is 0 Å². The Morgan fingerprint density at radius 1 is 1.52 bits per heavy atom. The van der Waals surface area contributed by atoms with Crippen LogP contribution < -0.4 is 11.1 Å². The maximum atomic E-state index is 13.2. The summed E-state index contributed by atoms with van der Waals surface area (Å²) < 4.78 is 38.8. The van der Waals surface area contributed by atoms with Crippen LogP contribution in [0.4, 0.5) is 10.1 Å². The molecule has 0 aromatic heterocycles. The number of nitrogens with zero attached hydrogens (tertiary/aromatic N) is 1. The molecule has 0 aliphatic heterocycles. The number of anilines is 1. The van der Waals surface area contributed by atoms with E-state index in [2.05, 4.69) is 5.32 Å². The van der Waals surface area contributed by atoms with Crippen LogP contribution in [0.15, 0.2) is 17.0 Å². The number of carbonyl (C=O) groups excluding carboxylic acids is 1. The van der Waals surface area contributed by atoms with Gasteiger partial charge in [0.05, 0.1) is 17.3 Å². The van der Waals surface area contributed by atoms with Crippen molar-refractivity contribution in [1.29, 1.82) is 0 Å². The van der Waals surface area contributed by atoms with Gasteiger partial charge in [0.15, 0.2) is 0 Å². The molecule has 0 heterocycles. The van der Waals surface area contributed by atoms with E-state index in [1.54, 1.807) is 0 Å². The fourth-order valence-electron chi connectivity index (χ4n) is 1.70. The molecule has 0 unspecified atom stereocenters. The first kappa shape index (κ1) is 16.0. The van der Waals surface area contributed by atoms with E-state index >= 15 is 0 Å². The van der Waals surface area contributed by atoms with E-state index < -0.39 is 21.7 Å². The second kappa shape index (κ2) is 5.78. The third-order valence-corrected chi connectivity index (χ3v) is 5.32. The van der Waals surface area contributed by atoms with Gasteiger partial charge in [-0.2, -0.15) is 4.31 Å². The highest BCUT2D eigenvalue weighted by atomic mass is 35.5. The molecule has 21 heavy (non-hydrogen) atoms. The summed E-state index contributed by atoms with van der Waals surface area (Å²) in [5.74, 6) is -1.19. The predicted octanol–water partition coefficient (Wildman–Crippen LogP) is 0.960. The second-order valence-electron chi connectivity index (χ2n) is 4.91. The van der Waals surface area contributed by atoms with Crippen molar-refractivity contribution in [2.75, 3.05) is 19.3 Å². The van der Waals surface area contributed by atoms with E-state index in [0.29, 0.717) is 0 Å². The van der Waals surface area contributed by atoms with Gasteiger partial charge in [-0.1, -0.05) is 11.6 Å². The molecule has 0 bridgehead atoms. The Morgan fingerprint density at radius 3 is 2.71 bits per heavy atom. The SMILES string of the molecule is CN(CC(=O)NC1CC1)S(=O)(=O)c1cc(N)c(F)cc1Cl. The molecular weight excluding hydrogens is 321 g/mol. The van der Waals surface area contributed by atoms with E-state index in [1.807, 2.05) is 0 Å². The van der Waals surface area contributed by atoms with Crippen molar-refractivity contribution in [3.8, 4) is 0 Å². The molecule has 2 rings (SSSR count). The largest absolute Gasteiger partial charge is 0.396 e. The molecule has 1 aromatic carbocycles. The normalized spacial score (nSPS) is 15.2. The molecule has 1 aromatic rings. The number of hydrogen-bond donors (Lipinski definition) is 2. The number of hydrogen-bond acceptors (Lipinski definition) is 4. The lowest BCUT2D eigenvalue weighted by molar-refractivity contribution is -0.121. The third kappa shape index (κ3) is 3.63. The molecule has 1 amide bonds. The number of nitrogens with two attached hydrogens (primary N) is 1. The number of sulfonamides is 1. The summed E-state index contributed by atoms with van der Waals surface area (Å²) in [5.41, 5.74) is 5.04. The highest BCUT2D eigenvalue weighted by Crippen LogP contribution is 2.28. The van der Waals surface area contributed by atoms with Crippen molar-refractivity contribution in [2.45, 2.75) is 23.8 Å². The van der Waals surface area contributed by atoms with Crippen molar-refractivity contribution in [3.63, 3.8) is 0 Å². The number of nitrogens with one attached hydrogen (secondary N) is 1. The van der Waals surface area contributed by atoms with Crippen molar-refractivity contribution < 1.29 is 17.6 Å². The van der Waals surface area contributed by atoms with Gasteiger partial charge in [-0.15, -0.1) is 0 Å². The van der Waals surface area contributed by atoms with E-state index in [4.69, 9.17) is 17.3 Å². The summed E-state index contributed by atoms with van der Waals surface area (Å²) in [7, 11) is -2.78. The Morgan fingerprint density at radius 2 is 2.14 bits per heavy atom. The summed E-state index contributed by atoms with van der Waals surface area (Å²) in [6, 6.07) is 1.92. The van der Waals surface area contributed by atoms with Crippen molar-refractivity contribution in [2.24, 2.45) is 0 Å². The maximum absolute atomic E-state index is 13.2. The van der Waals surface area contributed by atoms with Gasteiger partial charge in [-0.25, -0.2) is 12.8 Å². The smallest absolute Gasteiger partial charge is 0.244 e. The summed E-state index contributed by atoms with van der Waals surface area (Å²) in [6.07, 6.45) is 1.81. The van der Waals surface area contributed by atoms with Crippen molar-refractivity contribution >= 4 is 33.2 Å². The fraction of sp³-hybridized carbons (Fsp3) is 0.417. The van der Waals surface area contributed by atoms with Crippen LogP contribution in [0.25, 0.3) is 0 Å². The quantitative estimate of drug-likeness (QED) is 0.784. The van der Waals surface area contributed by atoms with E-state index in [1.165, 1.54) is 7.05 Å². The summed E-state index contributed by atoms with van der Waals surface area (Å²) in [4.78, 5) is 11.3. The van der Waals surface area contributed by atoms with Gasteiger partial charge in [-0.3, -0.25) is 4.79 Å². The number of halogens is 2. The molecule has 116 valence electrons. The number of rotatable bonds is 5. The second-order valence-corrected chi connectivity index (χ2v) is 7.33. The monoisotopic (exact) mass is 335 g/mol. The molecule has 0 atom stereocenters. The zero-order chi connectivity index (χ0) is 15.8. The lowest BCUT2D eigenvalue weighted by Gasteiger charge is -2.18. The average Bonchev–Trinajstić information content (AvgIpc) is 3.17. The standard InChI is InChI=1S/C12H15ClFN3O3S/c1-17(6-12(18)16-7-2-3-7)21(19,20)11-5-10(15)9(14)4-8(11)13/h4-5,7H,2-3,6,15H2,1H3,(H,16,18). The van der Waals surface area contributed by atoms with Crippen molar-refractivity contribution in [1.82, 2.24) is 9.62 Å². The van der Waals surface area contributed by atoms with Crippen LogP contribution in [0.3, 0.4) is 0 Å². The van der Waals surface area contributed by atoms with Crippen LogP contribution in [-0.4, -0.2) is 38.3 Å². The summed E-state index contributed by atoms with van der Waals surface area (Å²) >= 11 is 5.76.